The summed E-state index contributed by atoms with van der Waals surface area (Å²) in [7, 11) is 1.78. The Morgan fingerprint density at radius 2 is 1.80 bits per heavy atom. The van der Waals surface area contributed by atoms with Crippen LogP contribution in [-0.2, 0) is 6.42 Å². The molecule has 0 aliphatic carbocycles. The normalized spacial score (nSPS) is 19.1. The molecule has 0 saturated heterocycles. The average molecular weight is 269 g/mol. The van der Waals surface area contributed by atoms with Crippen LogP contribution in [0.5, 0.6) is 5.75 Å². The molecule has 1 aliphatic rings. The van der Waals surface area contributed by atoms with Gasteiger partial charge in [-0.15, -0.1) is 0 Å². The molecule has 82 valence electrons. The number of rotatable bonds is 1. The summed E-state index contributed by atoms with van der Waals surface area (Å²) < 4.78 is 7.17. The van der Waals surface area contributed by atoms with Gasteiger partial charge in [-0.3, -0.25) is 0 Å². The Labute approximate surface area is 98.4 Å². The summed E-state index contributed by atoms with van der Waals surface area (Å²) in [5, 5.41) is 0. The van der Waals surface area contributed by atoms with Crippen LogP contribution in [0.1, 0.15) is 29.2 Å². The van der Waals surface area contributed by atoms with Crippen molar-refractivity contribution in [3.05, 3.63) is 22.3 Å². The van der Waals surface area contributed by atoms with Crippen molar-refractivity contribution in [1.82, 2.24) is 0 Å². The first-order valence-corrected chi connectivity index (χ1v) is 7.24. The van der Waals surface area contributed by atoms with E-state index >= 15 is 0 Å². The summed E-state index contributed by atoms with van der Waals surface area (Å²) in [6.45, 7) is 9.00. The molecule has 1 nitrogen and oxygen atoms in total. The Balaban J connectivity index is 2.68. The number of fused-ring (bicyclic) bond motifs is 1. The van der Waals surface area contributed by atoms with Crippen LogP contribution in [0.3, 0.4) is 0 Å². The summed E-state index contributed by atoms with van der Waals surface area (Å²) >= 11 is 0.668. The average Bonchev–Trinajstić information content (AvgIpc) is 2.58. The van der Waals surface area contributed by atoms with Gasteiger partial charge in [0.15, 0.2) is 0 Å². The molecule has 1 aromatic carbocycles. The van der Waals surface area contributed by atoms with E-state index in [9.17, 15) is 0 Å². The third-order valence-corrected chi connectivity index (χ3v) is 6.17. The number of benzene rings is 1. The van der Waals surface area contributed by atoms with Gasteiger partial charge in [0.25, 0.3) is 0 Å². The van der Waals surface area contributed by atoms with Crippen LogP contribution >= 0.6 is 0 Å². The molecule has 0 amide bonds. The van der Waals surface area contributed by atoms with Crippen molar-refractivity contribution in [1.29, 1.82) is 0 Å². The minimum absolute atomic E-state index is 0.668. The fourth-order valence-corrected chi connectivity index (χ4v) is 5.25. The van der Waals surface area contributed by atoms with Crippen molar-refractivity contribution in [3.8, 4) is 5.75 Å². The molecule has 1 aliphatic heterocycles. The molecule has 0 radical (unpaired) electrons. The van der Waals surface area contributed by atoms with E-state index in [0.29, 0.717) is 15.0 Å². The maximum absolute atomic E-state index is 5.52. The van der Waals surface area contributed by atoms with Gasteiger partial charge in [-0.25, -0.2) is 0 Å². The van der Waals surface area contributed by atoms with Crippen molar-refractivity contribution >= 4 is 19.4 Å². The Morgan fingerprint density at radius 1 is 1.13 bits per heavy atom. The van der Waals surface area contributed by atoms with E-state index in [4.69, 9.17) is 4.74 Å². The number of methoxy groups -OCH3 is 1. The fraction of sp³-hybridized carbons (Fsp3) is 0.538. The molecule has 0 spiro atoms. The molecule has 1 atom stereocenters. The molecular weight excluding hydrogens is 251 g/mol. The SMILES string of the molecule is COc1c(C)c(C)c2c(c1C)CC(C)[Se]2. The number of hydrogen-bond acceptors (Lipinski definition) is 1. The van der Waals surface area contributed by atoms with Crippen molar-refractivity contribution in [2.24, 2.45) is 0 Å². The van der Waals surface area contributed by atoms with Gasteiger partial charge >= 0.3 is 98.2 Å². The standard InChI is InChI=1S/C13H18OSe/c1-7-6-11-10(4)12(14-5)8(2)9(3)13(11)15-7/h7H,6H2,1-5H3. The van der Waals surface area contributed by atoms with Gasteiger partial charge in [0.1, 0.15) is 0 Å². The topological polar surface area (TPSA) is 9.23 Å². The van der Waals surface area contributed by atoms with Crippen LogP contribution in [0.2, 0.25) is 4.82 Å². The molecule has 0 bridgehead atoms. The summed E-state index contributed by atoms with van der Waals surface area (Å²) in [5.41, 5.74) is 5.76. The zero-order valence-corrected chi connectivity index (χ0v) is 11.8. The Kier molecular flexibility index (Phi) is 2.83. The molecule has 0 fully saturated rings. The zero-order valence-electron chi connectivity index (χ0n) is 10.1. The second kappa shape index (κ2) is 3.84. The van der Waals surface area contributed by atoms with Crippen LogP contribution < -0.4 is 9.20 Å². The quantitative estimate of drug-likeness (QED) is 0.711. The van der Waals surface area contributed by atoms with E-state index in [-0.39, 0.29) is 0 Å². The number of ether oxygens (including phenoxy) is 1. The van der Waals surface area contributed by atoms with E-state index in [0.717, 1.165) is 10.6 Å². The van der Waals surface area contributed by atoms with Gasteiger partial charge in [0.05, 0.1) is 0 Å². The molecule has 0 aromatic heterocycles. The summed E-state index contributed by atoms with van der Waals surface area (Å²) in [6, 6.07) is 0. The van der Waals surface area contributed by atoms with Crippen LogP contribution in [0.4, 0.5) is 0 Å². The van der Waals surface area contributed by atoms with Gasteiger partial charge in [0.2, 0.25) is 0 Å². The molecule has 2 heteroatoms. The van der Waals surface area contributed by atoms with Gasteiger partial charge in [-0.1, -0.05) is 0 Å². The second-order valence-corrected chi connectivity index (χ2v) is 7.39. The van der Waals surface area contributed by atoms with Crippen molar-refractivity contribution < 1.29 is 4.74 Å². The van der Waals surface area contributed by atoms with E-state index in [1.54, 1.807) is 17.1 Å². The summed E-state index contributed by atoms with van der Waals surface area (Å²) in [5.74, 6) is 1.11. The van der Waals surface area contributed by atoms with Crippen molar-refractivity contribution in [2.75, 3.05) is 7.11 Å². The molecule has 1 aromatic rings. The third-order valence-electron chi connectivity index (χ3n) is 3.33. The Bertz CT molecular complexity index is 410. The first-order chi connectivity index (χ1) is 7.06. The first-order valence-electron chi connectivity index (χ1n) is 5.39. The van der Waals surface area contributed by atoms with Gasteiger partial charge in [-0.05, 0) is 0 Å². The van der Waals surface area contributed by atoms with Crippen LogP contribution in [-0.4, -0.2) is 22.1 Å². The molecule has 0 N–H and O–H groups in total. The fourth-order valence-electron chi connectivity index (χ4n) is 2.40. The first kappa shape index (κ1) is 11.0. The second-order valence-electron chi connectivity index (χ2n) is 4.35. The van der Waals surface area contributed by atoms with Gasteiger partial charge < -0.3 is 0 Å². The van der Waals surface area contributed by atoms with E-state index in [2.05, 4.69) is 27.7 Å². The summed E-state index contributed by atoms with van der Waals surface area (Å²) in [6.07, 6.45) is 1.25. The van der Waals surface area contributed by atoms with E-state index in [1.165, 1.54) is 23.1 Å². The van der Waals surface area contributed by atoms with E-state index < -0.39 is 0 Å². The van der Waals surface area contributed by atoms with Crippen LogP contribution in [0, 0.1) is 20.8 Å². The summed E-state index contributed by atoms with van der Waals surface area (Å²) in [4.78, 5) is 0.858. The zero-order chi connectivity index (χ0) is 11.2. The molecule has 1 unspecified atom stereocenters. The molecule has 0 saturated carbocycles. The van der Waals surface area contributed by atoms with Crippen LogP contribution in [0.15, 0.2) is 0 Å². The van der Waals surface area contributed by atoms with Crippen molar-refractivity contribution in [3.63, 3.8) is 0 Å². The van der Waals surface area contributed by atoms with E-state index in [1.807, 2.05) is 0 Å². The molecule has 15 heavy (non-hydrogen) atoms. The number of hydrogen-bond donors (Lipinski definition) is 0. The minimum atomic E-state index is 0.668. The third kappa shape index (κ3) is 1.60. The van der Waals surface area contributed by atoms with Crippen LogP contribution in [0.25, 0.3) is 0 Å². The molecule has 2 rings (SSSR count). The van der Waals surface area contributed by atoms with Gasteiger partial charge in [0, 0.05) is 0 Å². The van der Waals surface area contributed by atoms with Gasteiger partial charge in [-0.2, -0.15) is 0 Å². The predicted octanol–water partition coefficient (Wildman–Crippen LogP) is 2.31. The Morgan fingerprint density at radius 3 is 2.40 bits per heavy atom. The Hall–Kier alpha value is -0.461. The predicted molar refractivity (Wildman–Crippen MR) is 65.7 cm³/mol. The van der Waals surface area contributed by atoms with Crippen molar-refractivity contribution in [2.45, 2.75) is 38.9 Å². The maximum atomic E-state index is 5.52. The molecule has 1 heterocycles. The molecular formula is C13H18OSe. The monoisotopic (exact) mass is 270 g/mol.